The van der Waals surface area contributed by atoms with Crippen LogP contribution in [0.1, 0.15) is 54.7 Å². The highest BCUT2D eigenvalue weighted by Crippen LogP contribution is 2.52. The van der Waals surface area contributed by atoms with Gasteiger partial charge in [-0.05, 0) is 86.6 Å². The van der Waals surface area contributed by atoms with Gasteiger partial charge in [0.05, 0.1) is 29.8 Å². The third kappa shape index (κ3) is 4.71. The Labute approximate surface area is 236 Å². The molecule has 40 heavy (non-hydrogen) atoms. The van der Waals surface area contributed by atoms with E-state index in [0.717, 1.165) is 50.4 Å². The van der Waals surface area contributed by atoms with Crippen LogP contribution in [0.5, 0.6) is 5.75 Å². The Kier molecular flexibility index (Phi) is 6.87. The van der Waals surface area contributed by atoms with Crippen molar-refractivity contribution in [2.75, 3.05) is 29.0 Å². The number of sulfonamides is 1. The summed E-state index contributed by atoms with van der Waals surface area (Å²) in [5.41, 5.74) is 7.49. The molecule has 3 aromatic carbocycles. The molecule has 2 aliphatic heterocycles. The molecular weight excluding hydrogens is 528 g/mol. The van der Waals surface area contributed by atoms with Crippen molar-refractivity contribution < 1.29 is 27.8 Å². The van der Waals surface area contributed by atoms with Gasteiger partial charge >= 0.3 is 5.97 Å². The lowest BCUT2D eigenvalue weighted by Gasteiger charge is -2.37. The zero-order chi connectivity index (χ0) is 29.1. The Morgan fingerprint density at radius 3 is 2.38 bits per heavy atom. The van der Waals surface area contributed by atoms with Crippen LogP contribution in [0.15, 0.2) is 36.4 Å². The van der Waals surface area contributed by atoms with Crippen molar-refractivity contribution in [3.8, 4) is 28.0 Å². The first-order chi connectivity index (χ1) is 18.7. The van der Waals surface area contributed by atoms with E-state index in [0.29, 0.717) is 30.0 Å². The molecule has 0 radical (unpaired) electrons. The molecule has 2 N–H and O–H groups in total. The van der Waals surface area contributed by atoms with Crippen LogP contribution in [-0.4, -0.2) is 44.5 Å². The molecule has 5 rings (SSSR count). The average Bonchev–Trinajstić information content (AvgIpc) is 2.88. The molecule has 0 amide bonds. The Hall–Kier alpha value is -3.56. The molecule has 0 unspecified atom stereocenters. The minimum atomic E-state index is -3.70. The first-order valence-electron chi connectivity index (χ1n) is 13.3. The van der Waals surface area contributed by atoms with Crippen molar-refractivity contribution in [1.82, 2.24) is 0 Å². The summed E-state index contributed by atoms with van der Waals surface area (Å²) in [6, 6.07) is 11.6. The smallest absolute Gasteiger partial charge is 0.337 e. The van der Waals surface area contributed by atoms with Crippen LogP contribution < -0.4 is 14.4 Å². The molecule has 0 saturated heterocycles. The lowest BCUT2D eigenvalue weighted by atomic mass is 9.79. The predicted molar refractivity (Wildman–Crippen MR) is 158 cm³/mol. The number of benzene rings is 3. The molecule has 0 aromatic heterocycles. The number of rotatable bonds is 5. The van der Waals surface area contributed by atoms with E-state index in [4.69, 9.17) is 9.47 Å². The molecular formula is C31H36N2O6S. The number of fused-ring (bicyclic) bond motifs is 4. The van der Waals surface area contributed by atoms with E-state index in [1.54, 1.807) is 6.92 Å². The second-order valence-electron chi connectivity index (χ2n) is 11.5. The van der Waals surface area contributed by atoms with Crippen LogP contribution >= 0.6 is 0 Å². The SMILES string of the molecule is Cc1c(-c2c(C)c3c(c(C)c2[C@H](OC(C)(C)C)C(=O)O)N(S(C)(=O)=O)Cc2ccccc2-3)ccc2c1NCCO2. The molecule has 2 heterocycles. The van der Waals surface area contributed by atoms with Gasteiger partial charge in [0, 0.05) is 17.7 Å². The fraction of sp³-hybridized carbons (Fsp3) is 0.387. The van der Waals surface area contributed by atoms with Crippen molar-refractivity contribution in [1.29, 1.82) is 0 Å². The number of carboxylic acids is 1. The lowest BCUT2D eigenvalue weighted by molar-refractivity contribution is -0.160. The molecule has 1 atom stereocenters. The summed E-state index contributed by atoms with van der Waals surface area (Å²) < 4.78 is 39.9. The van der Waals surface area contributed by atoms with Crippen molar-refractivity contribution in [2.45, 2.75) is 59.8 Å². The predicted octanol–water partition coefficient (Wildman–Crippen LogP) is 5.97. The minimum Gasteiger partial charge on any atom is -0.490 e. The van der Waals surface area contributed by atoms with Crippen molar-refractivity contribution in [3.05, 3.63) is 64.2 Å². The van der Waals surface area contributed by atoms with Crippen LogP contribution in [-0.2, 0) is 26.1 Å². The number of anilines is 2. The zero-order valence-electron chi connectivity index (χ0n) is 24.0. The lowest BCUT2D eigenvalue weighted by Crippen LogP contribution is -2.34. The highest BCUT2D eigenvalue weighted by Gasteiger charge is 2.39. The fourth-order valence-electron chi connectivity index (χ4n) is 5.96. The molecule has 9 heteroatoms. The van der Waals surface area contributed by atoms with Crippen LogP contribution in [0.3, 0.4) is 0 Å². The second kappa shape index (κ2) is 9.82. The summed E-state index contributed by atoms with van der Waals surface area (Å²) in [5, 5.41) is 14.0. The van der Waals surface area contributed by atoms with Gasteiger partial charge in [-0.25, -0.2) is 13.2 Å². The van der Waals surface area contributed by atoms with Gasteiger partial charge in [0.25, 0.3) is 0 Å². The van der Waals surface area contributed by atoms with Crippen LogP contribution in [0.4, 0.5) is 11.4 Å². The number of hydrogen-bond donors (Lipinski definition) is 2. The topological polar surface area (TPSA) is 105 Å². The number of aliphatic carboxylic acids is 1. The fourth-order valence-corrected chi connectivity index (χ4v) is 6.90. The highest BCUT2D eigenvalue weighted by atomic mass is 32.2. The first-order valence-corrected chi connectivity index (χ1v) is 15.2. The van der Waals surface area contributed by atoms with Gasteiger partial charge in [-0.2, -0.15) is 0 Å². The quantitative estimate of drug-likeness (QED) is 0.393. The Bertz CT molecular complexity index is 1640. The molecule has 0 bridgehead atoms. The maximum absolute atomic E-state index is 13.2. The maximum Gasteiger partial charge on any atom is 0.337 e. The van der Waals surface area contributed by atoms with E-state index >= 15 is 0 Å². The van der Waals surface area contributed by atoms with Crippen molar-refractivity contribution in [3.63, 3.8) is 0 Å². The van der Waals surface area contributed by atoms with E-state index in [-0.39, 0.29) is 6.54 Å². The van der Waals surface area contributed by atoms with E-state index in [1.807, 2.05) is 71.0 Å². The zero-order valence-corrected chi connectivity index (χ0v) is 24.8. The van der Waals surface area contributed by atoms with Crippen LogP contribution in [0.25, 0.3) is 22.3 Å². The molecule has 212 valence electrons. The highest BCUT2D eigenvalue weighted by molar-refractivity contribution is 7.92. The van der Waals surface area contributed by atoms with E-state index < -0.39 is 27.7 Å². The molecule has 2 aliphatic rings. The number of nitrogens with one attached hydrogen (secondary N) is 1. The minimum absolute atomic E-state index is 0.165. The summed E-state index contributed by atoms with van der Waals surface area (Å²) in [6.07, 6.45) is -0.149. The molecule has 0 fully saturated rings. The third-order valence-electron chi connectivity index (χ3n) is 7.58. The maximum atomic E-state index is 13.2. The summed E-state index contributed by atoms with van der Waals surface area (Å²) in [5.74, 6) is -0.395. The first kappa shape index (κ1) is 28.0. The number of ether oxygens (including phenoxy) is 2. The number of nitrogens with zero attached hydrogens (tertiary/aromatic N) is 1. The van der Waals surface area contributed by atoms with Gasteiger partial charge in [-0.1, -0.05) is 30.3 Å². The Balaban J connectivity index is 1.95. The number of hydrogen-bond acceptors (Lipinski definition) is 6. The third-order valence-corrected chi connectivity index (χ3v) is 8.69. The Morgan fingerprint density at radius 2 is 1.73 bits per heavy atom. The van der Waals surface area contributed by atoms with E-state index in [1.165, 1.54) is 10.6 Å². The standard InChI is InChI=1S/C31H36N2O6S/c1-17-21(12-13-23-27(17)32-14-15-38-23)24-18(2)25-22-11-9-8-10-20(22)16-33(40(7,36)37)28(25)19(3)26(24)29(30(34)35)39-31(4,5)6/h8-13,29,32H,14-16H2,1-7H3,(H,34,35)/t29-/m0/s1. The van der Waals surface area contributed by atoms with Crippen molar-refractivity contribution in [2.24, 2.45) is 0 Å². The molecule has 8 nitrogen and oxygen atoms in total. The van der Waals surface area contributed by atoms with E-state index in [9.17, 15) is 18.3 Å². The van der Waals surface area contributed by atoms with Gasteiger partial charge in [0.15, 0.2) is 6.10 Å². The van der Waals surface area contributed by atoms with Crippen LogP contribution in [0.2, 0.25) is 0 Å². The average molecular weight is 565 g/mol. The van der Waals surface area contributed by atoms with E-state index in [2.05, 4.69) is 5.32 Å². The normalized spacial score (nSPS) is 15.3. The summed E-state index contributed by atoms with van der Waals surface area (Å²) in [4.78, 5) is 12.9. The van der Waals surface area contributed by atoms with Crippen molar-refractivity contribution >= 4 is 27.4 Å². The number of carbonyl (C=O) groups is 1. The monoisotopic (exact) mass is 564 g/mol. The Morgan fingerprint density at radius 1 is 1.02 bits per heavy atom. The number of carboxylic acid groups (broad SMARTS) is 1. The van der Waals surface area contributed by atoms with Gasteiger partial charge in [-0.3, -0.25) is 4.31 Å². The summed E-state index contributed by atoms with van der Waals surface area (Å²) >= 11 is 0. The summed E-state index contributed by atoms with van der Waals surface area (Å²) in [6.45, 7) is 12.6. The van der Waals surface area contributed by atoms with Gasteiger partial charge in [-0.15, -0.1) is 0 Å². The summed E-state index contributed by atoms with van der Waals surface area (Å²) in [7, 11) is -3.70. The van der Waals surface area contributed by atoms with Gasteiger partial charge in [0.1, 0.15) is 12.4 Å². The van der Waals surface area contributed by atoms with Gasteiger partial charge < -0.3 is 19.9 Å². The largest absolute Gasteiger partial charge is 0.490 e. The molecule has 0 saturated carbocycles. The van der Waals surface area contributed by atoms with Gasteiger partial charge in [0.2, 0.25) is 10.0 Å². The molecule has 0 aliphatic carbocycles. The molecule has 3 aromatic rings. The van der Waals surface area contributed by atoms with Crippen LogP contribution in [0, 0.1) is 20.8 Å². The molecule has 0 spiro atoms. The second-order valence-corrected chi connectivity index (χ2v) is 13.4.